The third-order valence-corrected chi connectivity index (χ3v) is 2.63. The lowest BCUT2D eigenvalue weighted by Gasteiger charge is -2.36. The number of hydrogen-bond donors (Lipinski definition) is 2. The first-order chi connectivity index (χ1) is 4.61. The van der Waals surface area contributed by atoms with E-state index in [1.807, 2.05) is 22.6 Å². The molecule has 56 valence electrons. The average molecular weight is 249 g/mol. The quantitative estimate of drug-likeness (QED) is 0.678. The van der Waals surface area contributed by atoms with Crippen LogP contribution in [0, 0.1) is 0 Å². The molecule has 1 aliphatic carbocycles. The van der Waals surface area contributed by atoms with Gasteiger partial charge in [0.1, 0.15) is 5.54 Å². The van der Waals surface area contributed by atoms with Gasteiger partial charge in [0.05, 0.1) is 0 Å². The van der Waals surface area contributed by atoms with Crippen molar-refractivity contribution in [1.82, 2.24) is 0 Å². The maximum Gasteiger partial charge on any atom is 0.328 e. The van der Waals surface area contributed by atoms with E-state index in [1.54, 1.807) is 4.08 Å². The zero-order chi connectivity index (χ0) is 7.78. The molecule has 1 rings (SSSR count). The van der Waals surface area contributed by atoms with Crippen LogP contribution in [0.2, 0.25) is 0 Å². The van der Waals surface area contributed by atoms with Gasteiger partial charge in [-0.05, 0) is 22.5 Å². The Bertz CT molecular complexity index is 202. The molecule has 3 N–H and O–H groups in total. The minimum atomic E-state index is -1.04. The van der Waals surface area contributed by atoms with Gasteiger partial charge in [0, 0.05) is 0 Å². The Balaban J connectivity index is 2.81. The summed E-state index contributed by atoms with van der Waals surface area (Å²) in [5.74, 6) is -0.915. The van der Waals surface area contributed by atoms with Gasteiger partial charge in [-0.15, -0.1) is 0 Å². The fourth-order valence-corrected chi connectivity index (χ4v) is 1.80. The number of carboxylic acid groups (broad SMARTS) is 1. The normalized spacial score (nSPS) is 35.6. The van der Waals surface area contributed by atoms with Crippen molar-refractivity contribution in [3.63, 3.8) is 0 Å². The van der Waals surface area contributed by atoms with Gasteiger partial charge in [-0.25, -0.2) is 4.79 Å². The van der Waals surface area contributed by atoms with E-state index >= 15 is 0 Å². The number of carboxylic acids is 1. The number of aliphatic carboxylic acids is 1. The molecular weight excluding hydrogens is 241 g/mol. The topological polar surface area (TPSA) is 63.3 Å². The maximum absolute atomic E-state index is 10.5. The van der Waals surface area contributed by atoms with Crippen LogP contribution < -0.4 is 5.73 Å². The van der Waals surface area contributed by atoms with Crippen LogP contribution >= 0.6 is 22.6 Å². The highest BCUT2D eigenvalue weighted by Crippen LogP contribution is 2.36. The number of carbonyl (C=O) groups is 1. The van der Waals surface area contributed by atoms with Crippen LogP contribution in [-0.4, -0.2) is 16.6 Å². The molecule has 10 heavy (non-hydrogen) atoms. The Morgan fingerprint density at radius 2 is 2.50 bits per heavy atom. The van der Waals surface area contributed by atoms with Gasteiger partial charge in [0.2, 0.25) is 0 Å². The van der Waals surface area contributed by atoms with Crippen LogP contribution in [0.15, 0.2) is 9.66 Å². The van der Waals surface area contributed by atoms with Crippen LogP contribution in [0.5, 0.6) is 0 Å². The molecule has 0 aromatic carbocycles. The first-order valence-corrected chi connectivity index (χ1v) is 4.18. The first kappa shape index (κ1) is 8.00. The molecule has 1 fully saturated rings. The van der Waals surface area contributed by atoms with Crippen molar-refractivity contribution in [2.75, 3.05) is 0 Å². The van der Waals surface area contributed by atoms with Gasteiger partial charge in [-0.3, -0.25) is 0 Å². The third kappa shape index (κ3) is 0.950. The molecule has 0 saturated heterocycles. The maximum atomic E-state index is 10.5. The molecule has 0 amide bonds. The van der Waals surface area contributed by atoms with Crippen molar-refractivity contribution < 1.29 is 9.90 Å². The zero-order valence-electron chi connectivity index (χ0n) is 5.30. The second kappa shape index (κ2) is 2.50. The molecule has 0 bridgehead atoms. The highest BCUT2D eigenvalue weighted by atomic mass is 123. The summed E-state index contributed by atoms with van der Waals surface area (Å²) in [5, 5.41) is 8.62. The third-order valence-electron chi connectivity index (χ3n) is 1.88. The van der Waals surface area contributed by atoms with E-state index in [0.29, 0.717) is 6.42 Å². The molecule has 0 aromatic rings. The minimum Gasteiger partial charge on any atom is -0.480 e. The molecule has 0 spiro atoms. The summed E-state index contributed by atoms with van der Waals surface area (Å²) in [7, 11) is 0. The first-order valence-electron chi connectivity index (χ1n) is 2.93. The smallest absolute Gasteiger partial charge is 0.328 e. The Kier molecular flexibility index (Phi) is 2.00. The van der Waals surface area contributed by atoms with E-state index in [2.05, 4.69) is 0 Å². The number of hydrogen-bond acceptors (Lipinski definition) is 2. The van der Waals surface area contributed by atoms with Crippen LogP contribution in [0.4, 0.5) is 0 Å². The molecule has 0 aromatic heterocycles. The number of rotatable bonds is 1. The fourth-order valence-electron chi connectivity index (χ4n) is 0.935. The molecular formula is C6H8INO2. The summed E-state index contributed by atoms with van der Waals surface area (Å²) in [6.45, 7) is 0. The summed E-state index contributed by atoms with van der Waals surface area (Å²) in [4.78, 5) is 10.5. The standard InChI is InChI=1S/C6H8INO2/c7-3-4-1-2-6(4,8)5(9)10/h3H,1-2,8H2,(H,9,10)/b4-3+/t6-/m1/s1/i7-4. The molecule has 3 nitrogen and oxygen atoms in total. The molecule has 4 heteroatoms. The van der Waals surface area contributed by atoms with E-state index in [1.165, 1.54) is 0 Å². The zero-order valence-corrected chi connectivity index (χ0v) is 7.46. The highest BCUT2D eigenvalue weighted by Gasteiger charge is 2.44. The molecule has 0 radical (unpaired) electrons. The number of halogens is 1. The average Bonchev–Trinajstić information content (AvgIpc) is 1.85. The molecule has 0 aliphatic heterocycles. The SMILES string of the molecule is N[C@]1(C(=O)O)CC/C1=C\[123I]. The Labute approximate surface area is 72.4 Å². The van der Waals surface area contributed by atoms with Gasteiger partial charge in [-0.2, -0.15) is 0 Å². The lowest BCUT2D eigenvalue weighted by atomic mass is 9.73. The van der Waals surface area contributed by atoms with Crippen molar-refractivity contribution in [2.45, 2.75) is 18.4 Å². The summed E-state index contributed by atoms with van der Waals surface area (Å²) in [5.41, 5.74) is 5.32. The van der Waals surface area contributed by atoms with Crippen LogP contribution in [-0.2, 0) is 4.79 Å². The summed E-state index contributed by atoms with van der Waals surface area (Å²) in [6.07, 6.45) is 1.39. The van der Waals surface area contributed by atoms with E-state index in [4.69, 9.17) is 10.8 Å². The van der Waals surface area contributed by atoms with Crippen LogP contribution in [0.1, 0.15) is 12.8 Å². The Morgan fingerprint density at radius 1 is 1.90 bits per heavy atom. The van der Waals surface area contributed by atoms with Gasteiger partial charge >= 0.3 is 5.97 Å². The second-order valence-electron chi connectivity index (χ2n) is 2.41. The van der Waals surface area contributed by atoms with Gasteiger partial charge in [-0.1, -0.05) is 22.6 Å². The Hall–Kier alpha value is -0.100. The summed E-state index contributed by atoms with van der Waals surface area (Å²) < 4.78 is 1.76. The fraction of sp³-hybridized carbons (Fsp3) is 0.500. The molecule has 0 unspecified atom stereocenters. The van der Waals surface area contributed by atoms with Crippen molar-refractivity contribution in [2.24, 2.45) is 5.73 Å². The molecule has 1 saturated carbocycles. The highest BCUT2D eigenvalue weighted by molar-refractivity contribution is 14.1. The van der Waals surface area contributed by atoms with E-state index in [9.17, 15) is 4.79 Å². The van der Waals surface area contributed by atoms with Gasteiger partial charge < -0.3 is 10.8 Å². The number of nitrogens with two attached hydrogens (primary N) is 1. The van der Waals surface area contributed by atoms with Gasteiger partial charge in [0.15, 0.2) is 0 Å². The van der Waals surface area contributed by atoms with Gasteiger partial charge in [0.25, 0.3) is 0 Å². The van der Waals surface area contributed by atoms with Crippen molar-refractivity contribution in [3.05, 3.63) is 9.66 Å². The Morgan fingerprint density at radius 3 is 2.60 bits per heavy atom. The van der Waals surface area contributed by atoms with Crippen LogP contribution in [0.3, 0.4) is 0 Å². The minimum absolute atomic E-state index is 0.567. The van der Waals surface area contributed by atoms with E-state index < -0.39 is 11.5 Å². The second-order valence-corrected chi connectivity index (χ2v) is 3.03. The predicted molar refractivity (Wildman–Crippen MR) is 45.9 cm³/mol. The molecule has 1 atom stereocenters. The van der Waals surface area contributed by atoms with Crippen molar-refractivity contribution in [3.8, 4) is 0 Å². The lowest BCUT2D eigenvalue weighted by molar-refractivity contribution is -0.143. The van der Waals surface area contributed by atoms with Crippen LogP contribution in [0.25, 0.3) is 0 Å². The lowest BCUT2D eigenvalue weighted by Crippen LogP contribution is -2.55. The largest absolute Gasteiger partial charge is 0.480 e. The van der Waals surface area contributed by atoms with Crippen molar-refractivity contribution in [1.29, 1.82) is 0 Å². The van der Waals surface area contributed by atoms with E-state index in [-0.39, 0.29) is 0 Å². The van der Waals surface area contributed by atoms with E-state index in [0.717, 1.165) is 12.0 Å². The summed E-state index contributed by atoms with van der Waals surface area (Å²) in [6, 6.07) is 0. The summed E-state index contributed by atoms with van der Waals surface area (Å²) >= 11 is 2.02. The van der Waals surface area contributed by atoms with Crippen molar-refractivity contribution >= 4 is 28.6 Å². The monoisotopic (exact) mass is 249 g/mol. The predicted octanol–water partition coefficient (Wildman–Crippen LogP) is 0.881. The molecule has 1 aliphatic rings. The molecule has 0 heterocycles.